The van der Waals surface area contributed by atoms with Crippen LogP contribution in [0.15, 0.2) is 24.3 Å². The van der Waals surface area contributed by atoms with Crippen LogP contribution in [-0.4, -0.2) is 80.6 Å². The molecule has 1 aromatic rings. The highest BCUT2D eigenvalue weighted by molar-refractivity contribution is 7.93. The van der Waals surface area contributed by atoms with Gasteiger partial charge in [-0.2, -0.15) is 0 Å². The number of hydrogen-bond acceptors (Lipinski definition) is 5. The lowest BCUT2D eigenvalue weighted by molar-refractivity contribution is -0.124. The Balaban J connectivity index is 1.59. The third-order valence-corrected chi connectivity index (χ3v) is 6.89. The fourth-order valence-corrected chi connectivity index (χ4v) is 5.23. The van der Waals surface area contributed by atoms with Gasteiger partial charge < -0.3 is 10.2 Å². The van der Waals surface area contributed by atoms with Crippen LogP contribution in [0, 0.1) is 0 Å². The molecule has 1 N–H and O–H groups in total. The van der Waals surface area contributed by atoms with Crippen molar-refractivity contribution in [2.45, 2.75) is 32.7 Å². The normalized spacial score (nSPS) is 20.0. The molecule has 0 saturated carbocycles. The van der Waals surface area contributed by atoms with E-state index in [9.17, 15) is 18.0 Å². The second-order valence-corrected chi connectivity index (χ2v) is 10.7. The summed E-state index contributed by atoms with van der Waals surface area (Å²) in [6, 6.07) is 6.83. The first-order valence-electron chi connectivity index (χ1n) is 9.98. The van der Waals surface area contributed by atoms with Crippen molar-refractivity contribution >= 4 is 27.5 Å². The largest absolute Gasteiger partial charge is 0.350 e. The van der Waals surface area contributed by atoms with Crippen LogP contribution in [0.1, 0.15) is 37.6 Å². The van der Waals surface area contributed by atoms with Crippen LogP contribution < -0.4 is 9.62 Å². The fraction of sp³-hybridized carbons (Fsp3) is 0.600. The SMILES string of the molecule is CC(C)(C)NC(=O)CN1CCN(C(=O)c2cccc(N3CCCS3(=O)=O)c2)CC1. The van der Waals surface area contributed by atoms with E-state index in [4.69, 9.17) is 0 Å². The Morgan fingerprint density at radius 2 is 1.76 bits per heavy atom. The second-order valence-electron chi connectivity index (χ2n) is 8.66. The van der Waals surface area contributed by atoms with Gasteiger partial charge in [-0.3, -0.25) is 18.8 Å². The van der Waals surface area contributed by atoms with Crippen LogP contribution in [-0.2, 0) is 14.8 Å². The minimum Gasteiger partial charge on any atom is -0.350 e. The Labute approximate surface area is 172 Å². The van der Waals surface area contributed by atoms with E-state index in [1.165, 1.54) is 4.31 Å². The van der Waals surface area contributed by atoms with Gasteiger partial charge in [0.05, 0.1) is 18.0 Å². The van der Waals surface area contributed by atoms with Crippen molar-refractivity contribution in [3.8, 4) is 0 Å². The average Bonchev–Trinajstić information content (AvgIpc) is 2.99. The van der Waals surface area contributed by atoms with Gasteiger partial charge in [0.1, 0.15) is 0 Å². The Bertz CT molecular complexity index is 871. The highest BCUT2D eigenvalue weighted by atomic mass is 32.2. The van der Waals surface area contributed by atoms with Gasteiger partial charge in [-0.05, 0) is 45.4 Å². The summed E-state index contributed by atoms with van der Waals surface area (Å²) in [5, 5.41) is 2.95. The smallest absolute Gasteiger partial charge is 0.254 e. The van der Waals surface area contributed by atoms with Gasteiger partial charge in [0.2, 0.25) is 15.9 Å². The Hall–Kier alpha value is -2.13. The molecule has 8 nitrogen and oxygen atoms in total. The molecule has 29 heavy (non-hydrogen) atoms. The summed E-state index contributed by atoms with van der Waals surface area (Å²) in [5.41, 5.74) is 0.775. The molecule has 0 aromatic heterocycles. The van der Waals surface area contributed by atoms with Crippen molar-refractivity contribution in [1.82, 2.24) is 15.1 Å². The van der Waals surface area contributed by atoms with E-state index in [0.717, 1.165) is 0 Å². The third kappa shape index (κ3) is 5.48. The number of carbonyl (C=O) groups is 2. The van der Waals surface area contributed by atoms with E-state index in [1.54, 1.807) is 29.2 Å². The predicted molar refractivity (Wildman–Crippen MR) is 112 cm³/mol. The molecule has 0 atom stereocenters. The van der Waals surface area contributed by atoms with Crippen molar-refractivity contribution in [3.05, 3.63) is 29.8 Å². The Kier molecular flexibility index (Phi) is 6.19. The molecule has 2 aliphatic rings. The molecule has 9 heteroatoms. The topological polar surface area (TPSA) is 90.0 Å². The first-order chi connectivity index (χ1) is 13.5. The number of nitrogens with zero attached hydrogens (tertiary/aromatic N) is 3. The van der Waals surface area contributed by atoms with Crippen LogP contribution in [0.3, 0.4) is 0 Å². The van der Waals surface area contributed by atoms with Crippen molar-refractivity contribution < 1.29 is 18.0 Å². The van der Waals surface area contributed by atoms with Gasteiger partial charge in [-0.25, -0.2) is 8.42 Å². The molecule has 3 rings (SSSR count). The number of hydrogen-bond donors (Lipinski definition) is 1. The Morgan fingerprint density at radius 1 is 1.07 bits per heavy atom. The maximum Gasteiger partial charge on any atom is 0.254 e. The summed E-state index contributed by atoms with van der Waals surface area (Å²) in [7, 11) is -3.28. The first kappa shape index (κ1) is 21.6. The summed E-state index contributed by atoms with van der Waals surface area (Å²) in [4.78, 5) is 28.8. The molecule has 2 fully saturated rings. The number of anilines is 1. The quantitative estimate of drug-likeness (QED) is 0.779. The Morgan fingerprint density at radius 3 is 2.34 bits per heavy atom. The summed E-state index contributed by atoms with van der Waals surface area (Å²) >= 11 is 0. The van der Waals surface area contributed by atoms with Crippen LogP contribution in [0.5, 0.6) is 0 Å². The van der Waals surface area contributed by atoms with E-state index in [1.807, 2.05) is 25.7 Å². The maximum absolute atomic E-state index is 12.9. The zero-order valence-corrected chi connectivity index (χ0v) is 18.2. The minimum atomic E-state index is -3.28. The van der Waals surface area contributed by atoms with Crippen molar-refractivity contribution in [2.24, 2.45) is 0 Å². The van der Waals surface area contributed by atoms with Crippen LogP contribution in [0.25, 0.3) is 0 Å². The molecule has 2 aliphatic heterocycles. The number of amides is 2. The van der Waals surface area contributed by atoms with E-state index in [-0.39, 0.29) is 23.1 Å². The highest BCUT2D eigenvalue weighted by Gasteiger charge is 2.29. The van der Waals surface area contributed by atoms with Gasteiger partial charge >= 0.3 is 0 Å². The third-order valence-electron chi connectivity index (χ3n) is 5.02. The zero-order chi connectivity index (χ0) is 21.2. The molecule has 2 amide bonds. The van der Waals surface area contributed by atoms with Gasteiger partial charge in [0.25, 0.3) is 5.91 Å². The lowest BCUT2D eigenvalue weighted by Crippen LogP contribution is -2.52. The second kappa shape index (κ2) is 8.31. The lowest BCUT2D eigenvalue weighted by atomic mass is 10.1. The molecular weight excluding hydrogens is 392 g/mol. The molecule has 0 bridgehead atoms. The number of piperazine rings is 1. The molecule has 0 radical (unpaired) electrons. The summed E-state index contributed by atoms with van der Waals surface area (Å²) in [6.45, 7) is 8.95. The van der Waals surface area contributed by atoms with E-state index >= 15 is 0 Å². The number of sulfonamides is 1. The van der Waals surface area contributed by atoms with Crippen molar-refractivity contribution in [3.63, 3.8) is 0 Å². The van der Waals surface area contributed by atoms with Crippen LogP contribution in [0.2, 0.25) is 0 Å². The lowest BCUT2D eigenvalue weighted by Gasteiger charge is -2.35. The predicted octanol–water partition coefficient (Wildman–Crippen LogP) is 0.899. The van der Waals surface area contributed by atoms with Crippen molar-refractivity contribution in [1.29, 1.82) is 0 Å². The molecular formula is C20H30N4O4S. The summed E-state index contributed by atoms with van der Waals surface area (Å²) in [5.74, 6) is 0.0228. The van der Waals surface area contributed by atoms with Gasteiger partial charge in [0.15, 0.2) is 0 Å². The van der Waals surface area contributed by atoms with E-state index in [2.05, 4.69) is 5.32 Å². The highest BCUT2D eigenvalue weighted by Crippen LogP contribution is 2.25. The number of benzene rings is 1. The van der Waals surface area contributed by atoms with Gasteiger partial charge in [0, 0.05) is 43.8 Å². The molecule has 1 aromatic carbocycles. The minimum absolute atomic E-state index is 0.0169. The van der Waals surface area contributed by atoms with Gasteiger partial charge in [-0.15, -0.1) is 0 Å². The standard InChI is InChI=1S/C20H30N4O4S/c1-20(2,3)21-18(25)15-22-9-11-23(12-10-22)19(26)16-6-4-7-17(14-16)24-8-5-13-29(24,27)28/h4,6-7,14H,5,8-13,15H2,1-3H3,(H,21,25). The van der Waals surface area contributed by atoms with Crippen LogP contribution >= 0.6 is 0 Å². The molecule has 0 spiro atoms. The summed E-state index contributed by atoms with van der Waals surface area (Å²) < 4.78 is 25.7. The van der Waals surface area contributed by atoms with E-state index < -0.39 is 10.0 Å². The monoisotopic (exact) mass is 422 g/mol. The molecule has 2 heterocycles. The summed E-state index contributed by atoms with van der Waals surface area (Å²) in [6.07, 6.45) is 0.602. The zero-order valence-electron chi connectivity index (χ0n) is 17.3. The molecule has 0 unspecified atom stereocenters. The molecule has 160 valence electrons. The number of rotatable bonds is 4. The number of nitrogens with one attached hydrogen (secondary N) is 1. The maximum atomic E-state index is 12.9. The van der Waals surface area contributed by atoms with Crippen LogP contribution in [0.4, 0.5) is 5.69 Å². The first-order valence-corrected chi connectivity index (χ1v) is 11.6. The molecule has 0 aliphatic carbocycles. The molecule has 2 saturated heterocycles. The van der Waals surface area contributed by atoms with Gasteiger partial charge in [-0.1, -0.05) is 6.07 Å². The van der Waals surface area contributed by atoms with Crippen molar-refractivity contribution in [2.75, 3.05) is 49.3 Å². The number of carbonyl (C=O) groups excluding carboxylic acids is 2. The van der Waals surface area contributed by atoms with E-state index in [0.29, 0.717) is 56.9 Å². The fourth-order valence-electron chi connectivity index (χ4n) is 3.68. The average molecular weight is 423 g/mol.